The molecule has 0 radical (unpaired) electrons. The summed E-state index contributed by atoms with van der Waals surface area (Å²) in [5.41, 5.74) is 0.890. The largest absolute Gasteiger partial charge is 0.416 e. The van der Waals surface area contributed by atoms with Gasteiger partial charge >= 0.3 is 6.18 Å². The summed E-state index contributed by atoms with van der Waals surface area (Å²) >= 11 is 1.46. The molecule has 1 amide bonds. The van der Waals surface area contributed by atoms with E-state index in [2.05, 4.69) is 20.4 Å². The van der Waals surface area contributed by atoms with E-state index in [1.807, 2.05) is 12.3 Å². The Morgan fingerprint density at radius 1 is 1.30 bits per heavy atom. The number of tetrazole rings is 1. The molecule has 0 aliphatic rings. The fourth-order valence-electron chi connectivity index (χ4n) is 2.67. The minimum Gasteiger partial charge on any atom is -0.335 e. The number of rotatable bonds is 6. The molecule has 0 saturated heterocycles. The Hall–Kier alpha value is -3.08. The average molecular weight is 436 g/mol. The first-order chi connectivity index (χ1) is 14.1. The van der Waals surface area contributed by atoms with Crippen molar-refractivity contribution in [2.45, 2.75) is 33.1 Å². The molecule has 0 N–H and O–H groups in total. The highest BCUT2D eigenvalue weighted by atomic mass is 32.1. The topological polar surface area (TPSA) is 76.8 Å². The summed E-state index contributed by atoms with van der Waals surface area (Å²) < 4.78 is 39.4. The first kappa shape index (κ1) is 21.6. The molecule has 158 valence electrons. The Kier molecular flexibility index (Phi) is 6.30. The molecule has 0 aliphatic heterocycles. The van der Waals surface area contributed by atoms with Gasteiger partial charge in [0.1, 0.15) is 5.01 Å². The maximum Gasteiger partial charge on any atom is 0.416 e. The van der Waals surface area contributed by atoms with Gasteiger partial charge in [0, 0.05) is 24.2 Å². The van der Waals surface area contributed by atoms with Crippen molar-refractivity contribution in [2.24, 2.45) is 0 Å². The maximum absolute atomic E-state index is 13.1. The van der Waals surface area contributed by atoms with Crippen LogP contribution in [0.25, 0.3) is 6.08 Å². The third-order valence-corrected chi connectivity index (χ3v) is 5.11. The van der Waals surface area contributed by atoms with Crippen LogP contribution < -0.4 is 0 Å². The molecule has 3 rings (SSSR count). The first-order valence-electron chi connectivity index (χ1n) is 8.90. The predicted molar refractivity (Wildman–Crippen MR) is 105 cm³/mol. The van der Waals surface area contributed by atoms with Gasteiger partial charge < -0.3 is 4.90 Å². The van der Waals surface area contributed by atoms with E-state index in [4.69, 9.17) is 0 Å². The highest BCUT2D eigenvalue weighted by molar-refractivity contribution is 7.09. The number of nitrogens with zero attached hydrogens (tertiary/aromatic N) is 6. The summed E-state index contributed by atoms with van der Waals surface area (Å²) in [6.07, 6.45) is -1.66. The highest BCUT2D eigenvalue weighted by Crippen LogP contribution is 2.31. The molecule has 0 aliphatic carbocycles. The number of carbonyl (C=O) groups excluding carboxylic acids is 1. The summed E-state index contributed by atoms with van der Waals surface area (Å²) in [4.78, 5) is 19.4. The number of aromatic nitrogens is 5. The second-order valence-corrected chi connectivity index (χ2v) is 7.63. The van der Waals surface area contributed by atoms with Crippen LogP contribution in [-0.2, 0) is 24.1 Å². The van der Waals surface area contributed by atoms with Gasteiger partial charge in [-0.15, -0.1) is 21.5 Å². The van der Waals surface area contributed by atoms with Crippen LogP contribution in [0.2, 0.25) is 0 Å². The van der Waals surface area contributed by atoms with Crippen LogP contribution in [0.1, 0.15) is 33.2 Å². The number of likely N-dealkylation sites (N-methyl/N-ethyl adjacent to an activating group) is 1. The van der Waals surface area contributed by atoms with Crippen LogP contribution in [0.3, 0.4) is 0 Å². The van der Waals surface area contributed by atoms with E-state index in [0.29, 0.717) is 23.5 Å². The van der Waals surface area contributed by atoms with Crippen LogP contribution in [-0.4, -0.2) is 43.0 Å². The van der Waals surface area contributed by atoms with Gasteiger partial charge in [0.2, 0.25) is 5.91 Å². The van der Waals surface area contributed by atoms with Crippen molar-refractivity contribution < 1.29 is 18.0 Å². The summed E-state index contributed by atoms with van der Waals surface area (Å²) in [5.74, 6) is 0.122. The van der Waals surface area contributed by atoms with E-state index >= 15 is 0 Å². The zero-order chi connectivity index (χ0) is 21.9. The van der Waals surface area contributed by atoms with Crippen molar-refractivity contribution >= 4 is 23.3 Å². The molecule has 0 fully saturated rings. The quantitative estimate of drug-likeness (QED) is 0.553. The average Bonchev–Trinajstić information content (AvgIpc) is 3.27. The number of carbonyl (C=O) groups is 1. The molecule has 2 heterocycles. The van der Waals surface area contributed by atoms with Gasteiger partial charge in [0.05, 0.1) is 18.7 Å². The Morgan fingerprint density at radius 3 is 2.67 bits per heavy atom. The van der Waals surface area contributed by atoms with Crippen LogP contribution in [0.4, 0.5) is 13.2 Å². The summed E-state index contributed by atoms with van der Waals surface area (Å²) in [6, 6.07) is 3.34. The third-order valence-electron chi connectivity index (χ3n) is 4.16. The van der Waals surface area contributed by atoms with Crippen LogP contribution in [0.5, 0.6) is 0 Å². The van der Waals surface area contributed by atoms with E-state index in [9.17, 15) is 18.0 Å². The van der Waals surface area contributed by atoms with Crippen molar-refractivity contribution in [2.75, 3.05) is 7.05 Å². The Bertz CT molecular complexity index is 1070. The number of alkyl halides is 3. The van der Waals surface area contributed by atoms with E-state index < -0.39 is 11.7 Å². The summed E-state index contributed by atoms with van der Waals surface area (Å²) in [6.45, 7) is 3.85. The van der Waals surface area contributed by atoms with Crippen LogP contribution >= 0.6 is 11.3 Å². The zero-order valence-electron chi connectivity index (χ0n) is 16.5. The molecule has 30 heavy (non-hydrogen) atoms. The Balaban J connectivity index is 1.81. The van der Waals surface area contributed by atoms with Gasteiger partial charge in [-0.05, 0) is 48.4 Å². The molecule has 2 aromatic heterocycles. The Labute approximate surface area is 174 Å². The van der Waals surface area contributed by atoms with Crippen molar-refractivity contribution in [3.05, 3.63) is 62.9 Å². The van der Waals surface area contributed by atoms with Gasteiger partial charge in [0.25, 0.3) is 0 Å². The molecular weight excluding hydrogens is 417 g/mol. The van der Waals surface area contributed by atoms with Gasteiger partial charge in [-0.25, -0.2) is 4.98 Å². The molecule has 11 heteroatoms. The van der Waals surface area contributed by atoms with Gasteiger partial charge in [-0.1, -0.05) is 6.07 Å². The molecule has 0 saturated carbocycles. The third kappa shape index (κ3) is 5.50. The number of aryl methyl sites for hydroxylation is 2. The fraction of sp³-hybridized carbons (Fsp3) is 0.316. The van der Waals surface area contributed by atoms with Gasteiger partial charge in [-0.2, -0.15) is 18.0 Å². The number of thiazole rings is 1. The lowest BCUT2D eigenvalue weighted by Gasteiger charge is -2.14. The van der Waals surface area contributed by atoms with E-state index in [1.54, 1.807) is 14.0 Å². The van der Waals surface area contributed by atoms with E-state index in [1.165, 1.54) is 39.3 Å². The Morgan fingerprint density at radius 2 is 2.07 bits per heavy atom. The SMILES string of the molecule is Cc1csc(CN(C)C(=O)C=Cc2ccc(C(F)(F)F)cc2Cn2nnc(C)n2)n1. The fourth-order valence-corrected chi connectivity index (χ4v) is 3.49. The lowest BCUT2D eigenvalue weighted by molar-refractivity contribution is -0.137. The molecular formula is C19H19F3N6OS. The van der Waals surface area contributed by atoms with Crippen molar-refractivity contribution in [1.29, 1.82) is 0 Å². The van der Waals surface area contributed by atoms with Gasteiger partial charge in [-0.3, -0.25) is 4.79 Å². The monoisotopic (exact) mass is 436 g/mol. The molecule has 0 bridgehead atoms. The standard InChI is InChI=1S/C19H19F3N6OS/c1-12-11-30-17(23-12)10-27(3)18(29)7-5-14-4-6-16(19(20,21)22)8-15(14)9-28-25-13(2)24-26-28/h4-8,11H,9-10H2,1-3H3. The second kappa shape index (κ2) is 8.74. The first-order valence-corrected chi connectivity index (χ1v) is 9.78. The lowest BCUT2D eigenvalue weighted by Crippen LogP contribution is -2.24. The van der Waals surface area contributed by atoms with Crippen molar-refractivity contribution in [3.8, 4) is 0 Å². The maximum atomic E-state index is 13.1. The number of hydrogen-bond acceptors (Lipinski definition) is 6. The number of halogens is 3. The number of hydrogen-bond donors (Lipinski definition) is 0. The van der Waals surface area contributed by atoms with Crippen molar-refractivity contribution in [1.82, 2.24) is 30.1 Å². The molecule has 0 atom stereocenters. The molecule has 7 nitrogen and oxygen atoms in total. The normalized spacial score (nSPS) is 11.9. The van der Waals surface area contributed by atoms with E-state index in [0.717, 1.165) is 22.8 Å². The molecule has 1 aromatic carbocycles. The molecule has 0 unspecified atom stereocenters. The van der Waals surface area contributed by atoms with Crippen LogP contribution in [0.15, 0.2) is 29.7 Å². The zero-order valence-corrected chi connectivity index (χ0v) is 17.3. The lowest BCUT2D eigenvalue weighted by atomic mass is 10.0. The predicted octanol–water partition coefficient (Wildman–Crippen LogP) is 3.49. The minimum absolute atomic E-state index is 0.00709. The minimum atomic E-state index is -4.48. The number of benzene rings is 1. The summed E-state index contributed by atoms with van der Waals surface area (Å²) in [7, 11) is 1.64. The second-order valence-electron chi connectivity index (χ2n) is 6.69. The molecule has 0 spiro atoms. The van der Waals surface area contributed by atoms with Crippen LogP contribution in [0, 0.1) is 13.8 Å². The molecule has 3 aromatic rings. The summed E-state index contributed by atoms with van der Waals surface area (Å²) in [5, 5.41) is 14.3. The van der Waals surface area contributed by atoms with Crippen molar-refractivity contribution in [3.63, 3.8) is 0 Å². The highest BCUT2D eigenvalue weighted by Gasteiger charge is 2.31. The van der Waals surface area contributed by atoms with Gasteiger partial charge in [0.15, 0.2) is 5.82 Å². The van der Waals surface area contributed by atoms with E-state index in [-0.39, 0.29) is 12.5 Å². The smallest absolute Gasteiger partial charge is 0.335 e. The number of amides is 1.